The summed E-state index contributed by atoms with van der Waals surface area (Å²) in [7, 11) is 0. The van der Waals surface area contributed by atoms with Crippen molar-refractivity contribution in [2.75, 3.05) is 5.75 Å². The minimum absolute atomic E-state index is 0.325. The Morgan fingerprint density at radius 3 is 2.74 bits per heavy atom. The first-order valence-electron chi connectivity index (χ1n) is 6.58. The van der Waals surface area contributed by atoms with E-state index in [2.05, 4.69) is 76.9 Å². The highest BCUT2D eigenvalue weighted by atomic mass is 79.9. The van der Waals surface area contributed by atoms with Crippen LogP contribution in [0.25, 0.3) is 0 Å². The standard InChI is InChI=1S/C14H21BrN2S2/c1-9-10(2)19-14(8-18-9)13(17-16)7-11-5-3-4-6-12(11)15/h3-6,9-10,13-14,17H,7-8,16H2,1-2H3. The van der Waals surface area contributed by atoms with Gasteiger partial charge in [-0.3, -0.25) is 11.3 Å². The third-order valence-corrected chi connectivity index (χ3v) is 7.96. The fourth-order valence-corrected chi connectivity index (χ4v) is 5.78. The Morgan fingerprint density at radius 1 is 1.37 bits per heavy atom. The molecule has 5 heteroatoms. The highest BCUT2D eigenvalue weighted by Crippen LogP contribution is 2.37. The van der Waals surface area contributed by atoms with Crippen LogP contribution in [0.4, 0.5) is 0 Å². The smallest absolute Gasteiger partial charge is 0.0378 e. The molecule has 0 aliphatic carbocycles. The number of hydrogen-bond acceptors (Lipinski definition) is 4. The van der Waals surface area contributed by atoms with Crippen LogP contribution in [0.15, 0.2) is 28.7 Å². The van der Waals surface area contributed by atoms with E-state index in [0.717, 1.165) is 11.7 Å². The molecule has 1 aliphatic rings. The maximum Gasteiger partial charge on any atom is 0.0378 e. The maximum atomic E-state index is 5.79. The number of thioether (sulfide) groups is 2. The van der Waals surface area contributed by atoms with Crippen molar-refractivity contribution in [1.82, 2.24) is 5.43 Å². The van der Waals surface area contributed by atoms with E-state index in [-0.39, 0.29) is 0 Å². The van der Waals surface area contributed by atoms with Crippen molar-refractivity contribution in [2.45, 2.75) is 42.1 Å². The second-order valence-electron chi connectivity index (χ2n) is 4.99. The number of nitrogens with two attached hydrogens (primary N) is 1. The van der Waals surface area contributed by atoms with Gasteiger partial charge in [-0.1, -0.05) is 48.0 Å². The quantitative estimate of drug-likeness (QED) is 0.636. The Labute approximate surface area is 132 Å². The van der Waals surface area contributed by atoms with Crippen LogP contribution in [-0.2, 0) is 6.42 Å². The summed E-state index contributed by atoms with van der Waals surface area (Å²) < 4.78 is 1.17. The van der Waals surface area contributed by atoms with Crippen LogP contribution in [-0.4, -0.2) is 27.5 Å². The number of halogens is 1. The summed E-state index contributed by atoms with van der Waals surface area (Å²) >= 11 is 7.76. The molecule has 3 N–H and O–H groups in total. The van der Waals surface area contributed by atoms with Crippen LogP contribution >= 0.6 is 39.5 Å². The summed E-state index contributed by atoms with van der Waals surface area (Å²) in [5, 5.41) is 2.01. The Hall–Kier alpha value is 0.320. The Morgan fingerprint density at radius 2 is 2.11 bits per heavy atom. The molecule has 0 amide bonds. The molecule has 4 unspecified atom stereocenters. The number of hydrazine groups is 1. The zero-order chi connectivity index (χ0) is 13.8. The summed E-state index contributed by atoms with van der Waals surface area (Å²) in [5.41, 5.74) is 4.35. The van der Waals surface area contributed by atoms with Gasteiger partial charge in [0.15, 0.2) is 0 Å². The lowest BCUT2D eigenvalue weighted by Crippen LogP contribution is -2.47. The molecule has 1 heterocycles. The molecule has 4 atom stereocenters. The summed E-state index contributed by atoms with van der Waals surface area (Å²) in [6.45, 7) is 4.64. The summed E-state index contributed by atoms with van der Waals surface area (Å²) in [6, 6.07) is 8.72. The first-order valence-corrected chi connectivity index (χ1v) is 9.37. The zero-order valence-electron chi connectivity index (χ0n) is 11.3. The van der Waals surface area contributed by atoms with Crippen molar-refractivity contribution < 1.29 is 0 Å². The van der Waals surface area contributed by atoms with Gasteiger partial charge in [0.05, 0.1) is 0 Å². The molecule has 1 aromatic rings. The molecule has 0 bridgehead atoms. The predicted molar refractivity (Wildman–Crippen MR) is 91.7 cm³/mol. The van der Waals surface area contributed by atoms with E-state index in [4.69, 9.17) is 5.84 Å². The van der Waals surface area contributed by atoms with Gasteiger partial charge in [0.25, 0.3) is 0 Å². The maximum absolute atomic E-state index is 5.79. The van der Waals surface area contributed by atoms with E-state index < -0.39 is 0 Å². The lowest BCUT2D eigenvalue weighted by molar-refractivity contribution is 0.520. The molecule has 1 saturated heterocycles. The predicted octanol–water partition coefficient (Wildman–Crippen LogP) is 3.45. The lowest BCUT2D eigenvalue weighted by Gasteiger charge is -2.35. The number of nitrogens with one attached hydrogen (secondary N) is 1. The molecule has 106 valence electrons. The van der Waals surface area contributed by atoms with Crippen LogP contribution in [0.1, 0.15) is 19.4 Å². The van der Waals surface area contributed by atoms with Gasteiger partial charge in [0.1, 0.15) is 0 Å². The highest BCUT2D eigenvalue weighted by molar-refractivity contribution is 9.10. The molecule has 1 fully saturated rings. The lowest BCUT2D eigenvalue weighted by atomic mass is 10.0. The first-order chi connectivity index (χ1) is 9.11. The summed E-state index contributed by atoms with van der Waals surface area (Å²) in [6.07, 6.45) is 0.969. The van der Waals surface area contributed by atoms with Crippen molar-refractivity contribution in [3.8, 4) is 0 Å². The minimum Gasteiger partial charge on any atom is -0.271 e. The summed E-state index contributed by atoms with van der Waals surface area (Å²) in [5.74, 6) is 6.97. The number of rotatable bonds is 4. The molecular weight excluding hydrogens is 340 g/mol. The molecule has 2 nitrogen and oxygen atoms in total. The molecule has 1 aliphatic heterocycles. The third kappa shape index (κ3) is 4.14. The number of benzene rings is 1. The van der Waals surface area contributed by atoms with Crippen LogP contribution < -0.4 is 11.3 Å². The Bertz CT molecular complexity index is 416. The van der Waals surface area contributed by atoms with E-state index >= 15 is 0 Å². The zero-order valence-corrected chi connectivity index (χ0v) is 14.5. The van der Waals surface area contributed by atoms with Gasteiger partial charge < -0.3 is 0 Å². The van der Waals surface area contributed by atoms with Gasteiger partial charge in [0, 0.05) is 32.0 Å². The van der Waals surface area contributed by atoms with Crippen LogP contribution in [0.3, 0.4) is 0 Å². The third-order valence-electron chi connectivity index (χ3n) is 3.63. The second kappa shape index (κ2) is 7.36. The van der Waals surface area contributed by atoms with Crippen LogP contribution in [0.2, 0.25) is 0 Å². The molecule has 0 aromatic heterocycles. The van der Waals surface area contributed by atoms with Crippen molar-refractivity contribution in [3.63, 3.8) is 0 Å². The van der Waals surface area contributed by atoms with Crippen molar-refractivity contribution in [3.05, 3.63) is 34.3 Å². The van der Waals surface area contributed by atoms with Gasteiger partial charge in [-0.25, -0.2) is 0 Å². The topological polar surface area (TPSA) is 38.0 Å². The van der Waals surface area contributed by atoms with E-state index in [1.54, 1.807) is 0 Å². The van der Waals surface area contributed by atoms with Crippen molar-refractivity contribution in [1.29, 1.82) is 0 Å². The second-order valence-corrected chi connectivity index (χ2v) is 8.87. The highest BCUT2D eigenvalue weighted by Gasteiger charge is 2.31. The molecule has 0 saturated carbocycles. The molecule has 2 rings (SSSR count). The molecule has 0 spiro atoms. The minimum atomic E-state index is 0.325. The van der Waals surface area contributed by atoms with E-state index in [0.29, 0.717) is 16.5 Å². The van der Waals surface area contributed by atoms with Crippen molar-refractivity contribution >= 4 is 39.5 Å². The van der Waals surface area contributed by atoms with Gasteiger partial charge in [-0.15, -0.1) is 0 Å². The van der Waals surface area contributed by atoms with Gasteiger partial charge in [-0.2, -0.15) is 23.5 Å². The van der Waals surface area contributed by atoms with E-state index in [1.165, 1.54) is 15.8 Å². The van der Waals surface area contributed by atoms with E-state index in [1.807, 2.05) is 6.07 Å². The van der Waals surface area contributed by atoms with E-state index in [9.17, 15) is 0 Å². The average molecular weight is 361 g/mol. The Balaban J connectivity index is 2.02. The average Bonchev–Trinajstić information content (AvgIpc) is 2.41. The molecule has 1 aromatic carbocycles. The SMILES string of the molecule is CC1SCC(C(Cc2ccccc2Br)NN)SC1C. The fourth-order valence-electron chi connectivity index (χ4n) is 2.22. The molecular formula is C14H21BrN2S2. The monoisotopic (exact) mass is 360 g/mol. The number of hydrogen-bond donors (Lipinski definition) is 2. The van der Waals surface area contributed by atoms with Crippen LogP contribution in [0.5, 0.6) is 0 Å². The summed E-state index contributed by atoms with van der Waals surface area (Å²) in [4.78, 5) is 0. The normalized spacial score (nSPS) is 29.2. The van der Waals surface area contributed by atoms with Gasteiger partial charge >= 0.3 is 0 Å². The van der Waals surface area contributed by atoms with Gasteiger partial charge in [0.2, 0.25) is 0 Å². The Kier molecular flexibility index (Phi) is 6.09. The first kappa shape index (κ1) is 15.7. The fraction of sp³-hybridized carbons (Fsp3) is 0.571. The van der Waals surface area contributed by atoms with Crippen molar-refractivity contribution in [2.24, 2.45) is 5.84 Å². The van der Waals surface area contributed by atoms with Gasteiger partial charge in [-0.05, 0) is 18.1 Å². The molecule has 0 radical (unpaired) electrons. The molecule has 19 heavy (non-hydrogen) atoms. The van der Waals surface area contributed by atoms with Crippen LogP contribution in [0, 0.1) is 0 Å². The largest absolute Gasteiger partial charge is 0.271 e.